The number of nitrogens with one attached hydrogen (secondary N) is 1. The second-order valence-electron chi connectivity index (χ2n) is 16.6. The average Bonchev–Trinajstić information content (AvgIpc) is 3.17. The summed E-state index contributed by atoms with van der Waals surface area (Å²) in [6, 6.07) is -0.710. The number of aliphatic hydroxyl groups is 5. The molecule has 0 bridgehead atoms. The molecule has 1 heterocycles. The predicted molar refractivity (Wildman–Crippen MR) is 221 cm³/mol. The second kappa shape index (κ2) is 36.5. The lowest BCUT2D eigenvalue weighted by molar-refractivity contribution is -0.302. The van der Waals surface area contributed by atoms with Crippen LogP contribution >= 0.6 is 0 Å². The predicted octanol–water partition coefficient (Wildman–Crippen LogP) is 9.56. The van der Waals surface area contributed by atoms with E-state index >= 15 is 0 Å². The lowest BCUT2D eigenvalue weighted by atomic mass is 9.99. The van der Waals surface area contributed by atoms with Crippen molar-refractivity contribution in [2.24, 2.45) is 0 Å². The fourth-order valence-corrected chi connectivity index (χ4v) is 7.69. The van der Waals surface area contributed by atoms with Gasteiger partial charge in [-0.3, -0.25) is 4.79 Å². The SMILES string of the molecule is CCCCCCCCCCCCCCCCCCCCC(=O)N[C@@H](CO[C@@H]1O[C@H](CO)[C@H](O)C(O)C1O)[C@H](O)CCCCCCCCCCCCCCC. The molecule has 54 heavy (non-hydrogen) atoms. The first-order valence-electron chi connectivity index (χ1n) is 23.2. The topological polar surface area (TPSA) is 149 Å². The summed E-state index contributed by atoms with van der Waals surface area (Å²) in [5, 5.41) is 54.3. The van der Waals surface area contributed by atoms with Gasteiger partial charge in [-0.05, 0) is 12.8 Å². The molecule has 1 aliphatic rings. The van der Waals surface area contributed by atoms with Crippen molar-refractivity contribution in [1.29, 1.82) is 0 Å². The molecule has 0 aromatic rings. The molecule has 0 saturated carbocycles. The molecular weight excluding hydrogens is 682 g/mol. The van der Waals surface area contributed by atoms with Crippen LogP contribution in [0.15, 0.2) is 0 Å². The van der Waals surface area contributed by atoms with Gasteiger partial charge in [0.25, 0.3) is 0 Å². The van der Waals surface area contributed by atoms with Crippen LogP contribution in [0.25, 0.3) is 0 Å². The third-order valence-electron chi connectivity index (χ3n) is 11.5. The first-order chi connectivity index (χ1) is 26.3. The first kappa shape index (κ1) is 51.2. The fourth-order valence-electron chi connectivity index (χ4n) is 7.69. The molecule has 0 aromatic carbocycles. The minimum atomic E-state index is -1.55. The summed E-state index contributed by atoms with van der Waals surface area (Å²) in [7, 11) is 0. The van der Waals surface area contributed by atoms with Gasteiger partial charge in [-0.15, -0.1) is 0 Å². The second-order valence-corrected chi connectivity index (χ2v) is 16.6. The molecule has 9 heteroatoms. The monoisotopic (exact) mass is 772 g/mol. The van der Waals surface area contributed by atoms with Crippen LogP contribution in [0.3, 0.4) is 0 Å². The van der Waals surface area contributed by atoms with E-state index in [1.54, 1.807) is 0 Å². The number of aliphatic hydroxyl groups excluding tert-OH is 5. The van der Waals surface area contributed by atoms with E-state index in [2.05, 4.69) is 19.2 Å². The fraction of sp³-hybridized carbons (Fsp3) is 0.978. The summed E-state index contributed by atoms with van der Waals surface area (Å²) in [5.74, 6) is -0.140. The number of carbonyl (C=O) groups excluding carboxylic acids is 1. The van der Waals surface area contributed by atoms with Gasteiger partial charge in [0.1, 0.15) is 24.4 Å². The van der Waals surface area contributed by atoms with Crippen LogP contribution < -0.4 is 5.32 Å². The average molecular weight is 772 g/mol. The Balaban J connectivity index is 2.30. The third-order valence-corrected chi connectivity index (χ3v) is 11.5. The van der Waals surface area contributed by atoms with Crippen LogP contribution in [0.5, 0.6) is 0 Å². The van der Waals surface area contributed by atoms with Crippen molar-refractivity contribution in [2.45, 2.75) is 269 Å². The number of ether oxygens (including phenoxy) is 2. The van der Waals surface area contributed by atoms with Gasteiger partial charge in [-0.2, -0.15) is 0 Å². The zero-order valence-corrected chi connectivity index (χ0v) is 35.3. The van der Waals surface area contributed by atoms with E-state index in [4.69, 9.17) is 9.47 Å². The smallest absolute Gasteiger partial charge is 0.220 e. The van der Waals surface area contributed by atoms with Gasteiger partial charge in [-0.25, -0.2) is 0 Å². The summed E-state index contributed by atoms with van der Waals surface area (Å²) in [4.78, 5) is 13.0. The van der Waals surface area contributed by atoms with Gasteiger partial charge < -0.3 is 40.3 Å². The molecule has 0 spiro atoms. The Morgan fingerprint density at radius 3 is 1.31 bits per heavy atom. The van der Waals surface area contributed by atoms with Gasteiger partial charge >= 0.3 is 0 Å². The van der Waals surface area contributed by atoms with E-state index in [1.807, 2.05) is 0 Å². The van der Waals surface area contributed by atoms with Crippen LogP contribution in [0.1, 0.15) is 226 Å². The number of rotatable bonds is 39. The maximum absolute atomic E-state index is 13.0. The highest BCUT2D eigenvalue weighted by atomic mass is 16.7. The van der Waals surface area contributed by atoms with Crippen molar-refractivity contribution in [3.8, 4) is 0 Å². The van der Waals surface area contributed by atoms with Crippen LogP contribution in [0, 0.1) is 0 Å². The number of hydrogen-bond acceptors (Lipinski definition) is 8. The maximum atomic E-state index is 13.0. The lowest BCUT2D eigenvalue weighted by Gasteiger charge is -2.40. The lowest BCUT2D eigenvalue weighted by Crippen LogP contribution is -2.60. The minimum Gasteiger partial charge on any atom is -0.394 e. The molecule has 7 atom stereocenters. The summed E-state index contributed by atoms with van der Waals surface area (Å²) in [6.45, 7) is 3.85. The van der Waals surface area contributed by atoms with Crippen LogP contribution in [-0.4, -0.2) is 87.5 Å². The van der Waals surface area contributed by atoms with Gasteiger partial charge in [-0.1, -0.05) is 206 Å². The summed E-state index contributed by atoms with van der Waals surface area (Å²) >= 11 is 0. The van der Waals surface area contributed by atoms with Crippen molar-refractivity contribution in [2.75, 3.05) is 13.2 Å². The first-order valence-corrected chi connectivity index (χ1v) is 23.2. The number of carbonyl (C=O) groups is 1. The molecule has 0 aliphatic carbocycles. The van der Waals surface area contributed by atoms with E-state index < -0.39 is 49.5 Å². The van der Waals surface area contributed by atoms with Crippen molar-refractivity contribution in [3.05, 3.63) is 0 Å². The number of amides is 1. The van der Waals surface area contributed by atoms with Crippen molar-refractivity contribution in [3.63, 3.8) is 0 Å². The Kier molecular flexibility index (Phi) is 34.6. The van der Waals surface area contributed by atoms with E-state index in [1.165, 1.54) is 161 Å². The zero-order valence-electron chi connectivity index (χ0n) is 35.3. The van der Waals surface area contributed by atoms with Gasteiger partial charge in [0.15, 0.2) is 6.29 Å². The maximum Gasteiger partial charge on any atom is 0.220 e. The van der Waals surface area contributed by atoms with Gasteiger partial charge in [0, 0.05) is 6.42 Å². The van der Waals surface area contributed by atoms with Crippen molar-refractivity contribution in [1.82, 2.24) is 5.32 Å². The highest BCUT2D eigenvalue weighted by molar-refractivity contribution is 5.76. The van der Waals surface area contributed by atoms with Crippen molar-refractivity contribution >= 4 is 5.91 Å². The summed E-state index contributed by atoms with van der Waals surface area (Å²) in [5.41, 5.74) is 0. The highest BCUT2D eigenvalue weighted by Gasteiger charge is 2.44. The normalized spacial score (nSPS) is 21.4. The van der Waals surface area contributed by atoms with Crippen LogP contribution in [0.2, 0.25) is 0 Å². The molecule has 1 rings (SSSR count). The molecule has 0 radical (unpaired) electrons. The zero-order chi connectivity index (χ0) is 39.5. The molecule has 1 saturated heterocycles. The van der Waals surface area contributed by atoms with E-state index in [-0.39, 0.29) is 12.5 Å². The minimum absolute atomic E-state index is 0.132. The molecule has 1 fully saturated rings. The third kappa shape index (κ3) is 26.9. The molecular formula is C45H89NO8. The van der Waals surface area contributed by atoms with Crippen LogP contribution in [0.4, 0.5) is 0 Å². The molecule has 9 nitrogen and oxygen atoms in total. The molecule has 2 unspecified atom stereocenters. The molecule has 1 amide bonds. The standard InChI is InChI=1S/C45H89NO8/c1-3-5-7-9-11-13-15-17-18-19-20-21-23-25-27-29-31-33-35-41(49)46-38(37-53-45-44(52)43(51)42(50)40(36-47)54-45)39(48)34-32-30-28-26-24-22-16-14-12-10-8-6-4-2/h38-40,42-45,47-48,50-52H,3-37H2,1-2H3,(H,46,49)/t38-,39+,40+,42-,43?,44?,45+/m0/s1. The van der Waals surface area contributed by atoms with Crippen LogP contribution in [-0.2, 0) is 14.3 Å². The van der Waals surface area contributed by atoms with E-state index in [9.17, 15) is 30.3 Å². The molecule has 0 aromatic heterocycles. The Morgan fingerprint density at radius 1 is 0.556 bits per heavy atom. The van der Waals surface area contributed by atoms with E-state index in [0.29, 0.717) is 12.8 Å². The number of hydrogen-bond donors (Lipinski definition) is 6. The Morgan fingerprint density at radius 2 is 0.926 bits per heavy atom. The summed E-state index contributed by atoms with van der Waals surface area (Å²) < 4.78 is 11.3. The molecule has 1 aliphatic heterocycles. The van der Waals surface area contributed by atoms with Gasteiger partial charge in [0.2, 0.25) is 5.91 Å². The van der Waals surface area contributed by atoms with Gasteiger partial charge in [0.05, 0.1) is 25.4 Å². The van der Waals surface area contributed by atoms with Crippen molar-refractivity contribution < 1.29 is 39.8 Å². The summed E-state index contributed by atoms with van der Waals surface area (Å²) in [6.07, 6.45) is 32.5. The highest BCUT2D eigenvalue weighted by Crippen LogP contribution is 2.23. The largest absolute Gasteiger partial charge is 0.394 e. The Bertz CT molecular complexity index is 817. The molecule has 322 valence electrons. The Labute approximate surface area is 332 Å². The molecule has 6 N–H and O–H groups in total. The quantitative estimate of drug-likeness (QED) is 0.0339. The van der Waals surface area contributed by atoms with E-state index in [0.717, 1.165) is 38.5 Å². The number of unbranched alkanes of at least 4 members (excludes halogenated alkanes) is 29. The Hall–Kier alpha value is -0.810.